The SMILES string of the molecule is COc1cccc(CNC(=O)CN2CCCNc3ccccc32)c1. The lowest BCUT2D eigenvalue weighted by Crippen LogP contribution is -2.37. The molecule has 0 spiro atoms. The topological polar surface area (TPSA) is 53.6 Å². The Morgan fingerprint density at radius 3 is 3.00 bits per heavy atom. The van der Waals surface area contributed by atoms with Crippen LogP contribution in [-0.4, -0.2) is 32.7 Å². The van der Waals surface area contributed by atoms with Crippen molar-refractivity contribution < 1.29 is 9.53 Å². The maximum atomic E-state index is 12.4. The first-order chi connectivity index (χ1) is 11.8. The van der Waals surface area contributed by atoms with Crippen LogP contribution >= 0.6 is 0 Å². The highest BCUT2D eigenvalue weighted by atomic mass is 16.5. The summed E-state index contributed by atoms with van der Waals surface area (Å²) in [5.41, 5.74) is 3.21. The van der Waals surface area contributed by atoms with Crippen LogP contribution in [0.2, 0.25) is 0 Å². The molecule has 1 heterocycles. The van der Waals surface area contributed by atoms with E-state index in [1.807, 2.05) is 36.4 Å². The van der Waals surface area contributed by atoms with Crippen LogP contribution in [0.5, 0.6) is 5.75 Å². The lowest BCUT2D eigenvalue weighted by molar-refractivity contribution is -0.119. The average molecular weight is 325 g/mol. The van der Waals surface area contributed by atoms with Gasteiger partial charge in [0.15, 0.2) is 0 Å². The number of fused-ring (bicyclic) bond motifs is 1. The highest BCUT2D eigenvalue weighted by molar-refractivity contribution is 5.83. The van der Waals surface area contributed by atoms with Gasteiger partial charge >= 0.3 is 0 Å². The van der Waals surface area contributed by atoms with Gasteiger partial charge in [-0.1, -0.05) is 24.3 Å². The van der Waals surface area contributed by atoms with Gasteiger partial charge in [-0.05, 0) is 36.2 Å². The Kier molecular flexibility index (Phi) is 5.21. The number of nitrogens with zero attached hydrogens (tertiary/aromatic N) is 1. The van der Waals surface area contributed by atoms with Crippen molar-refractivity contribution in [1.29, 1.82) is 0 Å². The van der Waals surface area contributed by atoms with Gasteiger partial charge in [-0.25, -0.2) is 0 Å². The second-order valence-electron chi connectivity index (χ2n) is 5.85. The predicted octanol–water partition coefficient (Wildman–Crippen LogP) is 2.63. The molecule has 126 valence electrons. The van der Waals surface area contributed by atoms with Crippen molar-refractivity contribution in [2.24, 2.45) is 0 Å². The van der Waals surface area contributed by atoms with Crippen LogP contribution < -0.4 is 20.3 Å². The summed E-state index contributed by atoms with van der Waals surface area (Å²) < 4.78 is 5.21. The van der Waals surface area contributed by atoms with Gasteiger partial charge < -0.3 is 20.3 Å². The summed E-state index contributed by atoms with van der Waals surface area (Å²) in [4.78, 5) is 14.5. The minimum Gasteiger partial charge on any atom is -0.497 e. The van der Waals surface area contributed by atoms with E-state index in [1.54, 1.807) is 7.11 Å². The quantitative estimate of drug-likeness (QED) is 0.887. The molecule has 0 saturated heterocycles. The Morgan fingerprint density at radius 2 is 2.12 bits per heavy atom. The Hall–Kier alpha value is -2.69. The maximum absolute atomic E-state index is 12.4. The zero-order chi connectivity index (χ0) is 16.8. The summed E-state index contributed by atoms with van der Waals surface area (Å²) in [6.45, 7) is 2.67. The van der Waals surface area contributed by atoms with Crippen molar-refractivity contribution >= 4 is 17.3 Å². The van der Waals surface area contributed by atoms with Crippen LogP contribution in [0.1, 0.15) is 12.0 Å². The normalized spacial score (nSPS) is 13.5. The molecule has 0 aliphatic carbocycles. The number of anilines is 2. The van der Waals surface area contributed by atoms with Crippen LogP contribution in [0.3, 0.4) is 0 Å². The number of para-hydroxylation sites is 2. The number of hydrogen-bond donors (Lipinski definition) is 2. The van der Waals surface area contributed by atoms with Crippen molar-refractivity contribution in [2.75, 3.05) is 37.0 Å². The molecule has 1 aliphatic heterocycles. The van der Waals surface area contributed by atoms with Crippen LogP contribution in [0.25, 0.3) is 0 Å². The first kappa shape index (κ1) is 16.2. The molecule has 5 heteroatoms. The smallest absolute Gasteiger partial charge is 0.239 e. The first-order valence-electron chi connectivity index (χ1n) is 8.24. The summed E-state index contributed by atoms with van der Waals surface area (Å²) in [6.07, 6.45) is 1.01. The molecule has 0 atom stereocenters. The second kappa shape index (κ2) is 7.73. The van der Waals surface area contributed by atoms with Gasteiger partial charge in [-0.2, -0.15) is 0 Å². The summed E-state index contributed by atoms with van der Waals surface area (Å²) in [5, 5.41) is 6.40. The highest BCUT2D eigenvalue weighted by Crippen LogP contribution is 2.27. The lowest BCUT2D eigenvalue weighted by atomic mass is 10.2. The zero-order valence-corrected chi connectivity index (χ0v) is 13.9. The number of nitrogens with one attached hydrogen (secondary N) is 2. The van der Waals surface area contributed by atoms with Crippen LogP contribution in [-0.2, 0) is 11.3 Å². The van der Waals surface area contributed by atoms with E-state index < -0.39 is 0 Å². The molecule has 0 bridgehead atoms. The molecule has 0 radical (unpaired) electrons. The predicted molar refractivity (Wildman–Crippen MR) is 96.6 cm³/mol. The Labute approximate surface area is 142 Å². The van der Waals surface area contributed by atoms with Crippen molar-refractivity contribution in [3.05, 3.63) is 54.1 Å². The van der Waals surface area contributed by atoms with Gasteiger partial charge in [0.1, 0.15) is 5.75 Å². The third-order valence-electron chi connectivity index (χ3n) is 4.12. The second-order valence-corrected chi connectivity index (χ2v) is 5.85. The van der Waals surface area contributed by atoms with E-state index in [-0.39, 0.29) is 5.91 Å². The van der Waals surface area contributed by atoms with Crippen molar-refractivity contribution in [3.8, 4) is 5.75 Å². The number of ether oxygens (including phenoxy) is 1. The number of carbonyl (C=O) groups excluding carboxylic acids is 1. The molecule has 2 N–H and O–H groups in total. The third-order valence-corrected chi connectivity index (χ3v) is 4.12. The minimum atomic E-state index is 0.0227. The molecule has 2 aromatic rings. The summed E-state index contributed by atoms with van der Waals surface area (Å²) in [5.74, 6) is 0.823. The monoisotopic (exact) mass is 325 g/mol. The molecule has 1 amide bonds. The van der Waals surface area contributed by atoms with E-state index in [1.165, 1.54) is 0 Å². The van der Waals surface area contributed by atoms with Gasteiger partial charge in [-0.3, -0.25) is 4.79 Å². The van der Waals surface area contributed by atoms with Crippen LogP contribution in [0.4, 0.5) is 11.4 Å². The van der Waals surface area contributed by atoms with E-state index in [0.717, 1.165) is 42.2 Å². The molecule has 3 rings (SSSR count). The number of carbonyl (C=O) groups is 1. The molecule has 0 fully saturated rings. The molecule has 24 heavy (non-hydrogen) atoms. The van der Waals surface area contributed by atoms with E-state index >= 15 is 0 Å². The lowest BCUT2D eigenvalue weighted by Gasteiger charge is -2.23. The molecule has 0 unspecified atom stereocenters. The van der Waals surface area contributed by atoms with Gasteiger partial charge in [0.2, 0.25) is 5.91 Å². The van der Waals surface area contributed by atoms with Crippen molar-refractivity contribution in [2.45, 2.75) is 13.0 Å². The maximum Gasteiger partial charge on any atom is 0.239 e. The largest absolute Gasteiger partial charge is 0.497 e. The van der Waals surface area contributed by atoms with Crippen LogP contribution in [0.15, 0.2) is 48.5 Å². The Morgan fingerprint density at radius 1 is 1.25 bits per heavy atom. The third kappa shape index (κ3) is 3.98. The first-order valence-corrected chi connectivity index (χ1v) is 8.24. The van der Waals surface area contributed by atoms with E-state index in [9.17, 15) is 4.79 Å². The number of methoxy groups -OCH3 is 1. The number of amides is 1. The summed E-state index contributed by atoms with van der Waals surface area (Å²) in [7, 11) is 1.64. The van der Waals surface area contributed by atoms with Crippen molar-refractivity contribution in [3.63, 3.8) is 0 Å². The summed E-state index contributed by atoms with van der Waals surface area (Å²) in [6, 6.07) is 15.9. The molecule has 5 nitrogen and oxygen atoms in total. The van der Waals surface area contributed by atoms with Gasteiger partial charge in [-0.15, -0.1) is 0 Å². The minimum absolute atomic E-state index is 0.0227. The molecule has 2 aromatic carbocycles. The number of hydrogen-bond acceptors (Lipinski definition) is 4. The van der Waals surface area contributed by atoms with Crippen LogP contribution in [0, 0.1) is 0 Å². The number of rotatable bonds is 5. The fourth-order valence-corrected chi connectivity index (χ4v) is 2.89. The fourth-order valence-electron chi connectivity index (χ4n) is 2.89. The fraction of sp³-hybridized carbons (Fsp3) is 0.316. The molecule has 0 aromatic heterocycles. The standard InChI is InChI=1S/C19H23N3O2/c1-24-16-7-4-6-15(12-16)13-21-19(23)14-22-11-5-10-20-17-8-2-3-9-18(17)22/h2-4,6-9,12,20H,5,10-11,13-14H2,1H3,(H,21,23). The summed E-state index contributed by atoms with van der Waals surface area (Å²) >= 11 is 0. The average Bonchev–Trinajstić information content (AvgIpc) is 2.83. The van der Waals surface area contributed by atoms with Gasteiger partial charge in [0.05, 0.1) is 25.0 Å². The molecule has 1 aliphatic rings. The highest BCUT2D eigenvalue weighted by Gasteiger charge is 2.17. The van der Waals surface area contributed by atoms with E-state index in [2.05, 4.69) is 27.7 Å². The molecular formula is C19H23N3O2. The van der Waals surface area contributed by atoms with Gasteiger partial charge in [0.25, 0.3) is 0 Å². The van der Waals surface area contributed by atoms with E-state index in [0.29, 0.717) is 13.1 Å². The molecular weight excluding hydrogens is 302 g/mol. The Balaban J connectivity index is 1.60. The van der Waals surface area contributed by atoms with Gasteiger partial charge in [0, 0.05) is 19.6 Å². The molecule has 0 saturated carbocycles. The van der Waals surface area contributed by atoms with Crippen molar-refractivity contribution in [1.82, 2.24) is 5.32 Å². The Bertz CT molecular complexity index is 703. The number of benzene rings is 2. The zero-order valence-electron chi connectivity index (χ0n) is 13.9. The van der Waals surface area contributed by atoms with E-state index in [4.69, 9.17) is 4.74 Å².